The van der Waals surface area contributed by atoms with Gasteiger partial charge in [0, 0.05) is 23.7 Å². The molecule has 1 saturated heterocycles. The summed E-state index contributed by atoms with van der Waals surface area (Å²) in [6, 6.07) is 0.717. The number of aryl methyl sites for hydroxylation is 1. The highest BCUT2D eigenvalue weighted by atomic mass is 32.2. The van der Waals surface area contributed by atoms with Crippen LogP contribution in [0.15, 0.2) is 5.38 Å². The minimum atomic E-state index is 0.717. The number of nitrogens with zero attached hydrogens (tertiary/aromatic N) is 1. The number of hydrogen-bond acceptors (Lipinski definition) is 4. The van der Waals surface area contributed by atoms with Gasteiger partial charge in [-0.25, -0.2) is 4.98 Å². The third-order valence-electron chi connectivity index (χ3n) is 2.43. The van der Waals surface area contributed by atoms with Crippen molar-refractivity contribution in [3.63, 3.8) is 0 Å². The molecule has 2 rings (SSSR count). The summed E-state index contributed by atoms with van der Waals surface area (Å²) in [7, 11) is 0. The van der Waals surface area contributed by atoms with E-state index in [0.29, 0.717) is 6.04 Å². The molecule has 1 aromatic rings. The molecule has 0 saturated carbocycles. The van der Waals surface area contributed by atoms with Gasteiger partial charge in [-0.3, -0.25) is 0 Å². The fraction of sp³-hybridized carbons (Fsp3) is 0.700. The summed E-state index contributed by atoms with van der Waals surface area (Å²) < 4.78 is 0. The second-order valence-corrected chi connectivity index (χ2v) is 5.62. The van der Waals surface area contributed by atoms with Crippen LogP contribution in [0.4, 0.5) is 0 Å². The Balaban J connectivity index is 1.79. The van der Waals surface area contributed by atoms with Crippen LogP contribution in [0.5, 0.6) is 0 Å². The smallest absolute Gasteiger partial charge is 0.107 e. The molecule has 1 aliphatic heterocycles. The summed E-state index contributed by atoms with van der Waals surface area (Å²) in [4.78, 5) is 4.54. The SMILES string of the molecule is CCc1csc(CN[C@H]2CCSC2)n1. The molecule has 1 aliphatic rings. The summed E-state index contributed by atoms with van der Waals surface area (Å²) in [5.74, 6) is 2.59. The van der Waals surface area contributed by atoms with Crippen LogP contribution in [0.25, 0.3) is 0 Å². The Labute approximate surface area is 93.5 Å². The fourth-order valence-corrected chi connectivity index (χ4v) is 3.53. The summed E-state index contributed by atoms with van der Waals surface area (Å²) in [5, 5.41) is 6.96. The zero-order chi connectivity index (χ0) is 9.80. The maximum absolute atomic E-state index is 4.54. The zero-order valence-corrected chi connectivity index (χ0v) is 10.1. The molecule has 0 aliphatic carbocycles. The van der Waals surface area contributed by atoms with Gasteiger partial charge < -0.3 is 5.32 Å². The molecular formula is C10H16N2S2. The lowest BCUT2D eigenvalue weighted by molar-refractivity contribution is 0.556. The minimum Gasteiger partial charge on any atom is -0.307 e. The monoisotopic (exact) mass is 228 g/mol. The number of aromatic nitrogens is 1. The first-order valence-corrected chi connectivity index (χ1v) is 7.16. The molecule has 0 unspecified atom stereocenters. The lowest BCUT2D eigenvalue weighted by atomic mass is 10.3. The Kier molecular flexibility index (Phi) is 3.84. The molecule has 1 fully saturated rings. The van der Waals surface area contributed by atoms with Gasteiger partial charge in [-0.1, -0.05) is 6.92 Å². The van der Waals surface area contributed by atoms with E-state index in [1.807, 2.05) is 11.8 Å². The van der Waals surface area contributed by atoms with Crippen LogP contribution in [0.1, 0.15) is 24.0 Å². The zero-order valence-electron chi connectivity index (χ0n) is 8.45. The highest BCUT2D eigenvalue weighted by Gasteiger charge is 2.14. The van der Waals surface area contributed by atoms with Gasteiger partial charge in [0.25, 0.3) is 0 Å². The van der Waals surface area contributed by atoms with E-state index < -0.39 is 0 Å². The summed E-state index contributed by atoms with van der Waals surface area (Å²) in [6.07, 6.45) is 2.37. The lowest BCUT2D eigenvalue weighted by Crippen LogP contribution is -2.27. The first-order valence-electron chi connectivity index (χ1n) is 5.13. The molecule has 0 amide bonds. The quantitative estimate of drug-likeness (QED) is 0.856. The maximum Gasteiger partial charge on any atom is 0.107 e. The number of thiazole rings is 1. The summed E-state index contributed by atoms with van der Waals surface area (Å²) in [5.41, 5.74) is 1.23. The van der Waals surface area contributed by atoms with Crippen molar-refractivity contribution in [1.29, 1.82) is 0 Å². The maximum atomic E-state index is 4.54. The molecule has 2 heterocycles. The van der Waals surface area contributed by atoms with Crippen molar-refractivity contribution in [1.82, 2.24) is 10.3 Å². The van der Waals surface area contributed by atoms with Crippen molar-refractivity contribution in [2.45, 2.75) is 32.4 Å². The van der Waals surface area contributed by atoms with Crippen LogP contribution in [0, 0.1) is 0 Å². The molecule has 1 aromatic heterocycles. The molecule has 1 N–H and O–H groups in total. The van der Waals surface area contributed by atoms with Crippen molar-refractivity contribution in [3.8, 4) is 0 Å². The van der Waals surface area contributed by atoms with Crippen molar-refractivity contribution in [2.24, 2.45) is 0 Å². The topological polar surface area (TPSA) is 24.9 Å². The van der Waals surface area contributed by atoms with Crippen molar-refractivity contribution < 1.29 is 0 Å². The van der Waals surface area contributed by atoms with Crippen molar-refractivity contribution in [3.05, 3.63) is 16.1 Å². The predicted octanol–water partition coefficient (Wildman–Crippen LogP) is 2.30. The molecule has 2 nitrogen and oxygen atoms in total. The number of thioether (sulfide) groups is 1. The van der Waals surface area contributed by atoms with E-state index in [0.717, 1.165) is 13.0 Å². The van der Waals surface area contributed by atoms with Gasteiger partial charge in [0.2, 0.25) is 0 Å². The molecular weight excluding hydrogens is 212 g/mol. The summed E-state index contributed by atoms with van der Waals surface area (Å²) in [6.45, 7) is 3.11. The Morgan fingerprint density at radius 2 is 2.57 bits per heavy atom. The lowest BCUT2D eigenvalue weighted by Gasteiger charge is -2.08. The normalized spacial score (nSPS) is 21.6. The van der Waals surface area contributed by atoms with Crippen molar-refractivity contribution >= 4 is 23.1 Å². The van der Waals surface area contributed by atoms with E-state index in [4.69, 9.17) is 0 Å². The Bertz CT molecular complexity index is 279. The van der Waals surface area contributed by atoms with Crippen LogP contribution >= 0.6 is 23.1 Å². The minimum absolute atomic E-state index is 0.717. The van der Waals surface area contributed by atoms with Crippen molar-refractivity contribution in [2.75, 3.05) is 11.5 Å². The molecule has 0 radical (unpaired) electrons. The third-order valence-corrected chi connectivity index (χ3v) is 4.49. The average molecular weight is 228 g/mol. The van der Waals surface area contributed by atoms with E-state index >= 15 is 0 Å². The van der Waals surface area contributed by atoms with Crippen LogP contribution in [-0.2, 0) is 13.0 Å². The Hall–Kier alpha value is -0.0600. The van der Waals surface area contributed by atoms with E-state index in [1.54, 1.807) is 11.3 Å². The molecule has 14 heavy (non-hydrogen) atoms. The van der Waals surface area contributed by atoms with E-state index in [2.05, 4.69) is 22.6 Å². The van der Waals surface area contributed by atoms with Crippen LogP contribution < -0.4 is 5.32 Å². The molecule has 1 atom stereocenters. The molecule has 0 aromatic carbocycles. The highest BCUT2D eigenvalue weighted by molar-refractivity contribution is 7.99. The number of rotatable bonds is 4. The fourth-order valence-electron chi connectivity index (χ4n) is 1.52. The Morgan fingerprint density at radius 3 is 3.21 bits per heavy atom. The van der Waals surface area contributed by atoms with E-state index in [9.17, 15) is 0 Å². The van der Waals surface area contributed by atoms with Gasteiger partial charge >= 0.3 is 0 Å². The molecule has 4 heteroatoms. The predicted molar refractivity (Wildman–Crippen MR) is 64.1 cm³/mol. The molecule has 78 valence electrons. The Morgan fingerprint density at radius 1 is 1.64 bits per heavy atom. The van der Waals surface area contributed by atoms with Crippen LogP contribution in [0.3, 0.4) is 0 Å². The van der Waals surface area contributed by atoms with Gasteiger partial charge in [0.05, 0.1) is 5.69 Å². The van der Waals surface area contributed by atoms with Crippen LogP contribution in [0.2, 0.25) is 0 Å². The average Bonchev–Trinajstić information content (AvgIpc) is 2.86. The van der Waals surface area contributed by atoms with Gasteiger partial charge in [0.1, 0.15) is 5.01 Å². The first-order chi connectivity index (χ1) is 6.88. The second-order valence-electron chi connectivity index (χ2n) is 3.53. The van der Waals surface area contributed by atoms with Gasteiger partial charge in [-0.15, -0.1) is 11.3 Å². The van der Waals surface area contributed by atoms with E-state index in [-0.39, 0.29) is 0 Å². The largest absolute Gasteiger partial charge is 0.307 e. The van der Waals surface area contributed by atoms with Crippen LogP contribution in [-0.4, -0.2) is 22.5 Å². The van der Waals surface area contributed by atoms with E-state index in [1.165, 1.54) is 28.6 Å². The third kappa shape index (κ3) is 2.72. The van der Waals surface area contributed by atoms with Gasteiger partial charge in [-0.2, -0.15) is 11.8 Å². The number of nitrogens with one attached hydrogen (secondary N) is 1. The van der Waals surface area contributed by atoms with Gasteiger partial charge in [0.15, 0.2) is 0 Å². The highest BCUT2D eigenvalue weighted by Crippen LogP contribution is 2.18. The first kappa shape index (κ1) is 10.5. The summed E-state index contributed by atoms with van der Waals surface area (Å²) >= 11 is 3.82. The molecule has 0 spiro atoms. The van der Waals surface area contributed by atoms with Gasteiger partial charge in [-0.05, 0) is 18.6 Å². The number of hydrogen-bond donors (Lipinski definition) is 1. The second kappa shape index (κ2) is 5.14. The molecule has 0 bridgehead atoms. The standard InChI is InChI=1S/C10H16N2S2/c1-2-8-7-14-10(12-8)5-11-9-3-4-13-6-9/h7,9,11H,2-6H2,1H3/t9-/m0/s1.